The molecule has 1 aromatic carbocycles. The van der Waals surface area contributed by atoms with Crippen LogP contribution in [0.2, 0.25) is 0 Å². The molecule has 0 bridgehead atoms. The van der Waals surface area contributed by atoms with E-state index < -0.39 is 0 Å². The normalized spacial score (nSPS) is 13.2. The second-order valence-corrected chi connectivity index (χ2v) is 5.04. The second-order valence-electron chi connectivity index (χ2n) is 4.13. The molecule has 19 heavy (non-hydrogen) atoms. The first-order chi connectivity index (χ1) is 9.22. The van der Waals surface area contributed by atoms with Crippen LogP contribution in [0.5, 0.6) is 0 Å². The molecule has 1 amide bonds. The van der Waals surface area contributed by atoms with E-state index in [-0.39, 0.29) is 5.91 Å². The fraction of sp³-hybridized carbons (Fsp3) is 0.0769. The Labute approximate surface area is 118 Å². The van der Waals surface area contributed by atoms with Crippen molar-refractivity contribution in [2.75, 3.05) is 5.32 Å². The van der Waals surface area contributed by atoms with E-state index in [1.165, 1.54) is 0 Å². The molecule has 2 aromatic rings. The highest BCUT2D eigenvalue weighted by Crippen LogP contribution is 2.16. The van der Waals surface area contributed by atoms with Crippen LogP contribution in [0.15, 0.2) is 42.7 Å². The molecule has 0 aliphatic carbocycles. The van der Waals surface area contributed by atoms with E-state index in [2.05, 4.69) is 26.4 Å². The average molecular weight is 319 g/mol. The number of amides is 1. The molecule has 6 heteroatoms. The summed E-state index contributed by atoms with van der Waals surface area (Å²) in [6.45, 7) is 0.622. The molecule has 0 spiro atoms. The minimum absolute atomic E-state index is 0.206. The van der Waals surface area contributed by atoms with Crippen LogP contribution in [0.4, 0.5) is 5.69 Å². The number of benzene rings is 1. The molecule has 2 heterocycles. The van der Waals surface area contributed by atoms with Gasteiger partial charge in [-0.1, -0.05) is 18.2 Å². The highest BCUT2D eigenvalue weighted by atomic mass is 79.9. The molecule has 0 saturated carbocycles. The highest BCUT2D eigenvalue weighted by Gasteiger charge is 2.16. The van der Waals surface area contributed by atoms with Gasteiger partial charge in [0.25, 0.3) is 5.91 Å². The molecule has 1 N–H and O–H groups in total. The third-order valence-corrected chi connectivity index (χ3v) is 3.21. The molecule has 0 saturated heterocycles. The Morgan fingerprint density at radius 1 is 1.32 bits per heavy atom. The first-order valence-electron chi connectivity index (χ1n) is 5.76. The van der Waals surface area contributed by atoms with Gasteiger partial charge in [-0.3, -0.25) is 8.72 Å². The lowest BCUT2D eigenvalue weighted by atomic mass is 10.3. The highest BCUT2D eigenvalue weighted by molar-refractivity contribution is 9.07. The summed E-state index contributed by atoms with van der Waals surface area (Å²) in [6.07, 6.45) is 5.45. The summed E-state index contributed by atoms with van der Waals surface area (Å²) in [6, 6.07) is 9.33. The van der Waals surface area contributed by atoms with Crippen LogP contribution < -0.4 is 5.32 Å². The predicted octanol–water partition coefficient (Wildman–Crippen LogP) is 2.69. The van der Waals surface area contributed by atoms with Gasteiger partial charge in [-0.25, -0.2) is 4.98 Å². The molecule has 1 aliphatic rings. The van der Waals surface area contributed by atoms with E-state index in [1.54, 1.807) is 6.20 Å². The summed E-state index contributed by atoms with van der Waals surface area (Å²) in [7, 11) is 0. The molecule has 5 nitrogen and oxygen atoms in total. The van der Waals surface area contributed by atoms with Gasteiger partial charge in [0.15, 0.2) is 0 Å². The Hall–Kier alpha value is -2.08. The predicted molar refractivity (Wildman–Crippen MR) is 76.4 cm³/mol. The quantitative estimate of drug-likeness (QED) is 0.866. The average Bonchev–Trinajstić information content (AvgIpc) is 2.83. The Kier molecular flexibility index (Phi) is 3.08. The van der Waals surface area contributed by atoms with E-state index >= 15 is 0 Å². The number of halogens is 1. The van der Waals surface area contributed by atoms with Crippen molar-refractivity contribution >= 4 is 33.8 Å². The summed E-state index contributed by atoms with van der Waals surface area (Å²) < 4.78 is 3.73. The first kappa shape index (κ1) is 12.0. The number of nitrogens with one attached hydrogen (secondary N) is 1. The monoisotopic (exact) mass is 318 g/mol. The van der Waals surface area contributed by atoms with Gasteiger partial charge in [-0.2, -0.15) is 0 Å². The number of imidazole rings is 1. The van der Waals surface area contributed by atoms with Gasteiger partial charge in [-0.05, 0) is 18.2 Å². The van der Waals surface area contributed by atoms with Crippen LogP contribution >= 0.6 is 16.1 Å². The van der Waals surface area contributed by atoms with Gasteiger partial charge in [0, 0.05) is 18.1 Å². The Morgan fingerprint density at radius 2 is 2.11 bits per heavy atom. The van der Waals surface area contributed by atoms with Gasteiger partial charge in [0.2, 0.25) is 0 Å². The fourth-order valence-corrected chi connectivity index (χ4v) is 2.20. The summed E-state index contributed by atoms with van der Waals surface area (Å²) in [5.74, 6) is 0.566. The summed E-state index contributed by atoms with van der Waals surface area (Å²) in [5.41, 5.74) is 1.17. The number of fused-ring (bicyclic) bond motifs is 1. The van der Waals surface area contributed by atoms with Crippen molar-refractivity contribution in [2.24, 2.45) is 0 Å². The lowest BCUT2D eigenvalue weighted by molar-refractivity contribution is 0.102. The van der Waals surface area contributed by atoms with Crippen molar-refractivity contribution in [3.05, 3.63) is 54.2 Å². The number of nitrogens with zero attached hydrogens (tertiary/aromatic N) is 3. The number of rotatable bonds is 2. The largest absolute Gasteiger partial charge is 0.321 e. The number of carbonyl (C=O) groups excluding carboxylic acids is 1. The van der Waals surface area contributed by atoms with Crippen LogP contribution in [-0.2, 0) is 6.67 Å². The molecular weight excluding hydrogens is 308 g/mol. The fourth-order valence-electron chi connectivity index (χ4n) is 1.84. The van der Waals surface area contributed by atoms with Gasteiger partial charge < -0.3 is 9.88 Å². The first-order valence-corrected chi connectivity index (χ1v) is 6.47. The molecule has 0 fully saturated rings. The summed E-state index contributed by atoms with van der Waals surface area (Å²) in [4.78, 5) is 16.4. The zero-order valence-electron chi connectivity index (χ0n) is 9.95. The van der Waals surface area contributed by atoms with E-state index in [0.29, 0.717) is 12.4 Å². The maximum atomic E-state index is 12.1. The lowest BCUT2D eigenvalue weighted by Gasteiger charge is -2.16. The Morgan fingerprint density at radius 3 is 2.89 bits per heavy atom. The van der Waals surface area contributed by atoms with E-state index in [4.69, 9.17) is 0 Å². The third kappa shape index (κ3) is 2.53. The second kappa shape index (κ2) is 4.89. The van der Waals surface area contributed by atoms with Gasteiger partial charge >= 0.3 is 0 Å². The number of para-hydroxylation sites is 1. The molecule has 3 rings (SSSR count). The number of hydrogen-bond acceptors (Lipinski definition) is 3. The molecule has 0 radical (unpaired) electrons. The standard InChI is InChI=1S/C13H11BrN4O/c14-18-7-6-12-16-11(8-17(12)9-18)13(19)15-10-4-2-1-3-5-10/h1-8H,9H2,(H,15,19). The number of anilines is 1. The van der Waals surface area contributed by atoms with E-state index in [9.17, 15) is 4.79 Å². The lowest BCUT2D eigenvalue weighted by Crippen LogP contribution is -2.15. The Balaban J connectivity index is 1.80. The van der Waals surface area contributed by atoms with Gasteiger partial charge in [-0.15, -0.1) is 0 Å². The number of hydrogen-bond donors (Lipinski definition) is 1. The van der Waals surface area contributed by atoms with Crippen LogP contribution in [0.25, 0.3) is 6.08 Å². The van der Waals surface area contributed by atoms with Crippen molar-refractivity contribution < 1.29 is 4.79 Å². The van der Waals surface area contributed by atoms with Crippen LogP contribution in [0, 0.1) is 0 Å². The van der Waals surface area contributed by atoms with Crippen molar-refractivity contribution in [1.29, 1.82) is 0 Å². The van der Waals surface area contributed by atoms with Crippen LogP contribution in [0.1, 0.15) is 16.3 Å². The molecular formula is C13H11BrN4O. The molecule has 1 aliphatic heterocycles. The maximum Gasteiger partial charge on any atom is 0.275 e. The van der Waals surface area contributed by atoms with Crippen molar-refractivity contribution in [3.63, 3.8) is 0 Å². The Bertz CT molecular complexity index is 635. The topological polar surface area (TPSA) is 50.2 Å². The smallest absolute Gasteiger partial charge is 0.275 e. The zero-order valence-corrected chi connectivity index (χ0v) is 11.5. The zero-order chi connectivity index (χ0) is 13.2. The summed E-state index contributed by atoms with van der Waals surface area (Å²) >= 11 is 3.36. The molecule has 1 aromatic heterocycles. The molecule has 0 atom stereocenters. The van der Waals surface area contributed by atoms with Crippen molar-refractivity contribution in [3.8, 4) is 0 Å². The van der Waals surface area contributed by atoms with Crippen molar-refractivity contribution in [2.45, 2.75) is 6.67 Å². The summed E-state index contributed by atoms with van der Waals surface area (Å²) in [5, 5.41) is 2.81. The minimum Gasteiger partial charge on any atom is -0.321 e. The maximum absolute atomic E-state index is 12.1. The molecule has 96 valence electrons. The van der Waals surface area contributed by atoms with E-state index in [0.717, 1.165) is 11.5 Å². The van der Waals surface area contributed by atoms with E-state index in [1.807, 2.05) is 51.1 Å². The minimum atomic E-state index is -0.206. The van der Waals surface area contributed by atoms with Crippen LogP contribution in [0.3, 0.4) is 0 Å². The third-order valence-electron chi connectivity index (χ3n) is 2.74. The number of carbonyl (C=O) groups is 1. The molecule has 0 unspecified atom stereocenters. The van der Waals surface area contributed by atoms with Gasteiger partial charge in [0.05, 0.1) is 16.1 Å². The SMILES string of the molecule is O=C(Nc1ccccc1)c1cn2c(n1)C=CN(Br)C2. The number of aromatic nitrogens is 2. The van der Waals surface area contributed by atoms with Crippen molar-refractivity contribution in [1.82, 2.24) is 13.5 Å². The van der Waals surface area contributed by atoms with Crippen LogP contribution in [-0.4, -0.2) is 19.4 Å². The van der Waals surface area contributed by atoms with Gasteiger partial charge in [0.1, 0.15) is 18.2 Å².